The fourth-order valence-electron chi connectivity index (χ4n) is 7.17. The smallest absolute Gasteiger partial charge is 0.0647 e. The lowest BCUT2D eigenvalue weighted by Gasteiger charge is -2.48. The van der Waals surface area contributed by atoms with Crippen LogP contribution in [0.1, 0.15) is 114 Å². The average molecular weight is 475 g/mol. The highest BCUT2D eigenvalue weighted by atomic mass is 14.8. The van der Waals surface area contributed by atoms with E-state index in [4.69, 9.17) is 9.98 Å². The summed E-state index contributed by atoms with van der Waals surface area (Å²) in [4.78, 5) is 10.4. The maximum Gasteiger partial charge on any atom is 0.0647 e. The van der Waals surface area contributed by atoms with E-state index < -0.39 is 0 Å². The zero-order chi connectivity index (χ0) is 25.7. The molecule has 4 atom stereocenters. The Balaban J connectivity index is 1.60. The maximum absolute atomic E-state index is 5.20. The van der Waals surface area contributed by atoms with Gasteiger partial charge >= 0.3 is 0 Å². The van der Waals surface area contributed by atoms with Gasteiger partial charge in [-0.2, -0.15) is 0 Å². The van der Waals surface area contributed by atoms with Gasteiger partial charge in [-0.05, 0) is 130 Å². The zero-order valence-electron chi connectivity index (χ0n) is 24.3. The third-order valence-corrected chi connectivity index (χ3v) is 10.6. The van der Waals surface area contributed by atoms with Crippen LogP contribution >= 0.6 is 0 Å². The largest absolute Gasteiger partial charge is 0.258 e. The Hall–Kier alpha value is -1.70. The minimum Gasteiger partial charge on any atom is -0.258 e. The quantitative estimate of drug-likeness (QED) is 0.342. The van der Waals surface area contributed by atoms with Gasteiger partial charge in [0.15, 0.2) is 0 Å². The normalized spacial score (nSPS) is 35.6. The van der Waals surface area contributed by atoms with Crippen molar-refractivity contribution in [1.82, 2.24) is 0 Å². The Morgan fingerprint density at radius 3 is 1.34 bits per heavy atom. The van der Waals surface area contributed by atoms with Gasteiger partial charge in [0.05, 0.1) is 11.4 Å². The van der Waals surface area contributed by atoms with Gasteiger partial charge in [0.2, 0.25) is 0 Å². The molecule has 192 valence electrons. The molecule has 2 fully saturated rings. The molecule has 0 saturated heterocycles. The van der Waals surface area contributed by atoms with E-state index in [1.807, 2.05) is 0 Å². The molecule has 4 aliphatic rings. The first-order valence-electron chi connectivity index (χ1n) is 14.3. The van der Waals surface area contributed by atoms with E-state index in [9.17, 15) is 0 Å². The first-order chi connectivity index (χ1) is 16.4. The van der Waals surface area contributed by atoms with Crippen LogP contribution < -0.4 is 0 Å². The predicted molar refractivity (Wildman–Crippen MR) is 153 cm³/mol. The molecule has 2 nitrogen and oxygen atoms in total. The van der Waals surface area contributed by atoms with Crippen LogP contribution in [-0.2, 0) is 0 Å². The van der Waals surface area contributed by atoms with Crippen LogP contribution in [-0.4, -0.2) is 11.4 Å². The number of hydrogen-bond donors (Lipinski definition) is 0. The lowest BCUT2D eigenvalue weighted by molar-refractivity contribution is 0.157. The molecular weight excluding hydrogens is 424 g/mol. The second-order valence-electron chi connectivity index (χ2n) is 13.1. The zero-order valence-corrected chi connectivity index (χ0v) is 24.3. The highest BCUT2D eigenvalue weighted by Crippen LogP contribution is 2.54. The molecule has 4 aliphatic carbocycles. The van der Waals surface area contributed by atoms with Crippen LogP contribution in [0.25, 0.3) is 0 Å². The van der Waals surface area contributed by atoms with E-state index in [0.717, 1.165) is 6.42 Å². The highest BCUT2D eigenvalue weighted by Gasteiger charge is 2.44. The summed E-state index contributed by atoms with van der Waals surface area (Å²) in [5.74, 6) is 2.37. The molecule has 0 aromatic rings. The van der Waals surface area contributed by atoms with Crippen LogP contribution in [0.5, 0.6) is 0 Å². The van der Waals surface area contributed by atoms with Crippen molar-refractivity contribution in [3.05, 3.63) is 45.8 Å². The summed E-state index contributed by atoms with van der Waals surface area (Å²) in [6.07, 6.45) is 14.3. The van der Waals surface area contributed by atoms with Crippen LogP contribution in [0.2, 0.25) is 0 Å². The van der Waals surface area contributed by atoms with Crippen molar-refractivity contribution in [2.24, 2.45) is 44.5 Å². The standard InChI is InChI=1S/C33H50N2/c1-20-17-32(9,24(5)22(3)30(20)34-26(7)28-13-11-14-28)19-33(10)18-21(2)31(23(4)25(33)6)35-27(8)29-15-12-16-29/h17-18,24-25,28-29H,11-16,19H2,1-10H3. The van der Waals surface area contributed by atoms with Crippen LogP contribution in [0.15, 0.2) is 55.8 Å². The monoisotopic (exact) mass is 474 g/mol. The fourth-order valence-corrected chi connectivity index (χ4v) is 7.17. The summed E-state index contributed by atoms with van der Waals surface area (Å²) in [7, 11) is 0. The molecule has 0 spiro atoms. The van der Waals surface area contributed by atoms with Crippen LogP contribution in [0, 0.1) is 34.5 Å². The van der Waals surface area contributed by atoms with Gasteiger partial charge in [-0.1, -0.05) is 52.7 Å². The summed E-state index contributed by atoms with van der Waals surface area (Å²) < 4.78 is 0. The Morgan fingerprint density at radius 2 is 1.06 bits per heavy atom. The first-order valence-corrected chi connectivity index (χ1v) is 14.3. The van der Waals surface area contributed by atoms with Gasteiger partial charge in [-0.25, -0.2) is 0 Å². The molecule has 0 aliphatic heterocycles. The molecule has 4 rings (SSSR count). The summed E-state index contributed by atoms with van der Waals surface area (Å²) in [5.41, 5.74) is 11.1. The highest BCUT2D eigenvalue weighted by molar-refractivity contribution is 5.87. The van der Waals surface area contributed by atoms with E-state index in [0.29, 0.717) is 23.7 Å². The van der Waals surface area contributed by atoms with Crippen molar-refractivity contribution in [2.45, 2.75) is 114 Å². The van der Waals surface area contributed by atoms with Crippen molar-refractivity contribution in [2.75, 3.05) is 0 Å². The fraction of sp³-hybridized carbons (Fsp3) is 0.697. The number of hydrogen-bond acceptors (Lipinski definition) is 2. The Kier molecular flexibility index (Phi) is 7.26. The molecule has 0 bridgehead atoms. The third kappa shape index (κ3) is 4.84. The Labute approximate surface area is 215 Å². The van der Waals surface area contributed by atoms with Crippen molar-refractivity contribution in [3.63, 3.8) is 0 Å². The lowest BCUT2D eigenvalue weighted by Crippen LogP contribution is -2.38. The van der Waals surface area contributed by atoms with Gasteiger partial charge in [0, 0.05) is 11.4 Å². The Bertz CT molecular complexity index is 969. The molecule has 0 radical (unpaired) electrons. The van der Waals surface area contributed by atoms with Gasteiger partial charge in [0.25, 0.3) is 0 Å². The predicted octanol–water partition coefficient (Wildman–Crippen LogP) is 9.65. The Morgan fingerprint density at radius 1 is 0.714 bits per heavy atom. The molecule has 2 heteroatoms. The van der Waals surface area contributed by atoms with Crippen molar-refractivity contribution >= 4 is 11.4 Å². The van der Waals surface area contributed by atoms with E-state index >= 15 is 0 Å². The second kappa shape index (κ2) is 9.64. The number of rotatable bonds is 6. The van der Waals surface area contributed by atoms with Crippen molar-refractivity contribution in [3.8, 4) is 0 Å². The molecular formula is C33H50N2. The van der Waals surface area contributed by atoms with Crippen molar-refractivity contribution in [1.29, 1.82) is 0 Å². The molecule has 0 aromatic heterocycles. The lowest BCUT2D eigenvalue weighted by atomic mass is 9.57. The van der Waals surface area contributed by atoms with Gasteiger partial charge in [-0.15, -0.1) is 0 Å². The van der Waals surface area contributed by atoms with E-state index in [1.165, 1.54) is 83.6 Å². The van der Waals surface area contributed by atoms with Crippen LogP contribution in [0.3, 0.4) is 0 Å². The molecule has 0 N–H and O–H groups in total. The topological polar surface area (TPSA) is 24.7 Å². The number of allylic oxidation sites excluding steroid dienone is 6. The van der Waals surface area contributed by atoms with Gasteiger partial charge < -0.3 is 0 Å². The molecule has 35 heavy (non-hydrogen) atoms. The minimum atomic E-state index is 0.111. The van der Waals surface area contributed by atoms with E-state index in [-0.39, 0.29) is 10.8 Å². The second-order valence-corrected chi connectivity index (χ2v) is 13.1. The molecule has 0 amide bonds. The van der Waals surface area contributed by atoms with E-state index in [2.05, 4.69) is 81.4 Å². The summed E-state index contributed by atoms with van der Waals surface area (Å²) in [6, 6.07) is 0. The SMILES string of the molecule is CC1=CC(C)(CC2(C)C=C(C)C(N=C(C)C3CCC3)=C(C)C2C)C(C)C(C)=C1N=C(C)C1CCC1. The molecule has 0 heterocycles. The first kappa shape index (κ1) is 26.4. The molecule has 2 saturated carbocycles. The summed E-state index contributed by atoms with van der Waals surface area (Å²) in [5, 5.41) is 0. The van der Waals surface area contributed by atoms with Crippen molar-refractivity contribution < 1.29 is 0 Å². The van der Waals surface area contributed by atoms with Gasteiger partial charge in [0.1, 0.15) is 0 Å². The molecule has 4 unspecified atom stereocenters. The minimum absolute atomic E-state index is 0.111. The van der Waals surface area contributed by atoms with Crippen LogP contribution in [0.4, 0.5) is 0 Å². The summed E-state index contributed by atoms with van der Waals surface area (Å²) >= 11 is 0. The van der Waals surface area contributed by atoms with E-state index in [1.54, 1.807) is 0 Å². The maximum atomic E-state index is 5.20. The number of nitrogens with zero attached hydrogens (tertiary/aromatic N) is 2. The molecule has 0 aromatic carbocycles. The summed E-state index contributed by atoms with van der Waals surface area (Å²) in [6.45, 7) is 23.6. The third-order valence-electron chi connectivity index (χ3n) is 10.6. The van der Waals surface area contributed by atoms with Gasteiger partial charge in [-0.3, -0.25) is 9.98 Å². The number of aliphatic imine (C=N–C) groups is 2. The average Bonchev–Trinajstić information content (AvgIpc) is 2.68.